The highest BCUT2D eigenvalue weighted by molar-refractivity contribution is 7.21. The molecular formula is C24H30N8O3S. The largest absolute Gasteiger partial charge is 0.382 e. The van der Waals surface area contributed by atoms with E-state index in [1.165, 1.54) is 11.3 Å². The number of aromatic nitrogens is 4. The van der Waals surface area contributed by atoms with Crippen LogP contribution in [0.15, 0.2) is 48.3 Å². The number of nitrogens with zero attached hydrogens (tertiary/aromatic N) is 5. The number of aryl methyl sites for hydroxylation is 1. The molecule has 3 aromatic heterocycles. The van der Waals surface area contributed by atoms with Gasteiger partial charge in [-0.3, -0.25) is 19.2 Å². The fourth-order valence-electron chi connectivity index (χ4n) is 4.19. The van der Waals surface area contributed by atoms with E-state index in [2.05, 4.69) is 31.0 Å². The first kappa shape index (κ1) is 24.2. The van der Waals surface area contributed by atoms with Gasteiger partial charge < -0.3 is 20.7 Å². The standard InChI is InChI=1S/C24H30N8O3S/c1-16-20(10-17(11-26-16)22(33)25-4-6-31-5-3-8-35-9-7-31)29-23(34)19-13-28-32-15-21(36-24(19)32)18-12-27-30(2)14-18/h10-16,26H,3-9H2,1-2H3,(H,25,33)(H,29,34). The number of hydrogen-bond donors (Lipinski definition) is 3. The van der Waals surface area contributed by atoms with Crippen LogP contribution in [0.3, 0.4) is 0 Å². The maximum Gasteiger partial charge on any atom is 0.260 e. The molecule has 3 aromatic rings. The Bertz CT molecular complexity index is 1310. The van der Waals surface area contributed by atoms with Crippen molar-refractivity contribution in [3.05, 3.63) is 53.9 Å². The molecule has 190 valence electrons. The average Bonchev–Trinajstić information content (AvgIpc) is 3.52. The zero-order chi connectivity index (χ0) is 25.1. The summed E-state index contributed by atoms with van der Waals surface area (Å²) in [5.74, 6) is -0.450. The first-order valence-corrected chi connectivity index (χ1v) is 12.8. The highest BCUT2D eigenvalue weighted by atomic mass is 32.1. The van der Waals surface area contributed by atoms with Crippen molar-refractivity contribution in [1.82, 2.24) is 40.2 Å². The normalized spacial score (nSPS) is 18.8. The maximum absolute atomic E-state index is 13.2. The predicted molar refractivity (Wildman–Crippen MR) is 136 cm³/mol. The number of rotatable bonds is 7. The SMILES string of the molecule is CC1NC=C(C(=O)NCCN2CCCOCC2)C=C1NC(=O)c1cnn2cc(-c3cnn(C)c3)sc12. The fourth-order valence-corrected chi connectivity index (χ4v) is 5.22. The van der Waals surface area contributed by atoms with Crippen LogP contribution in [-0.4, -0.2) is 81.5 Å². The number of carbonyl (C=O) groups excluding carboxylic acids is 2. The lowest BCUT2D eigenvalue weighted by atomic mass is 10.1. The van der Waals surface area contributed by atoms with E-state index in [0.29, 0.717) is 23.4 Å². The number of dihydropyridines is 1. The molecule has 0 bridgehead atoms. The first-order valence-electron chi connectivity index (χ1n) is 12.0. The highest BCUT2D eigenvalue weighted by Gasteiger charge is 2.22. The molecule has 0 aliphatic carbocycles. The summed E-state index contributed by atoms with van der Waals surface area (Å²) < 4.78 is 8.92. The second kappa shape index (κ2) is 10.6. The van der Waals surface area contributed by atoms with Crippen molar-refractivity contribution < 1.29 is 14.3 Å². The van der Waals surface area contributed by atoms with Crippen molar-refractivity contribution in [1.29, 1.82) is 0 Å². The van der Waals surface area contributed by atoms with Crippen LogP contribution in [-0.2, 0) is 16.6 Å². The summed E-state index contributed by atoms with van der Waals surface area (Å²) in [6, 6.07) is -0.150. The predicted octanol–water partition coefficient (Wildman–Crippen LogP) is 1.12. The van der Waals surface area contributed by atoms with Gasteiger partial charge >= 0.3 is 0 Å². The molecular weight excluding hydrogens is 480 g/mol. The van der Waals surface area contributed by atoms with Gasteiger partial charge in [-0.05, 0) is 19.4 Å². The van der Waals surface area contributed by atoms with E-state index in [0.717, 1.165) is 54.5 Å². The Labute approximate surface area is 212 Å². The van der Waals surface area contributed by atoms with Gasteiger partial charge in [0.2, 0.25) is 0 Å². The Morgan fingerprint density at radius 2 is 2.08 bits per heavy atom. The monoisotopic (exact) mass is 510 g/mol. The van der Waals surface area contributed by atoms with Crippen molar-refractivity contribution in [3.8, 4) is 10.4 Å². The summed E-state index contributed by atoms with van der Waals surface area (Å²) >= 11 is 1.48. The molecule has 2 aliphatic rings. The molecule has 2 amide bonds. The Balaban J connectivity index is 1.22. The molecule has 3 N–H and O–H groups in total. The number of carbonyl (C=O) groups is 2. The van der Waals surface area contributed by atoms with E-state index in [1.807, 2.05) is 26.4 Å². The Morgan fingerprint density at radius 1 is 1.19 bits per heavy atom. The minimum Gasteiger partial charge on any atom is -0.382 e. The minimum atomic E-state index is -0.269. The van der Waals surface area contributed by atoms with Crippen LogP contribution < -0.4 is 16.0 Å². The van der Waals surface area contributed by atoms with Gasteiger partial charge in [-0.2, -0.15) is 10.2 Å². The first-order chi connectivity index (χ1) is 17.5. The topological polar surface area (TPSA) is 118 Å². The molecule has 0 aromatic carbocycles. The third-order valence-electron chi connectivity index (χ3n) is 6.24. The zero-order valence-electron chi connectivity index (χ0n) is 20.4. The quantitative estimate of drug-likeness (QED) is 0.436. The van der Waals surface area contributed by atoms with E-state index in [4.69, 9.17) is 4.74 Å². The molecule has 0 saturated carbocycles. The third kappa shape index (κ3) is 5.35. The molecule has 0 radical (unpaired) electrons. The van der Waals surface area contributed by atoms with Crippen LogP contribution in [0.25, 0.3) is 15.3 Å². The highest BCUT2D eigenvalue weighted by Crippen LogP contribution is 2.30. The lowest BCUT2D eigenvalue weighted by Crippen LogP contribution is -2.40. The Morgan fingerprint density at radius 3 is 2.92 bits per heavy atom. The van der Waals surface area contributed by atoms with Gasteiger partial charge in [-0.15, -0.1) is 11.3 Å². The number of ether oxygens (including phenoxy) is 1. The van der Waals surface area contributed by atoms with Gasteiger partial charge in [0, 0.05) is 69.7 Å². The molecule has 5 rings (SSSR count). The third-order valence-corrected chi connectivity index (χ3v) is 7.41. The van der Waals surface area contributed by atoms with Gasteiger partial charge in [0.05, 0.1) is 41.1 Å². The lowest BCUT2D eigenvalue weighted by molar-refractivity contribution is -0.117. The summed E-state index contributed by atoms with van der Waals surface area (Å²) in [7, 11) is 1.86. The lowest BCUT2D eigenvalue weighted by Gasteiger charge is -2.23. The van der Waals surface area contributed by atoms with E-state index in [1.54, 1.807) is 33.9 Å². The number of amides is 2. The number of nitrogens with one attached hydrogen (secondary N) is 3. The maximum atomic E-state index is 13.2. The summed E-state index contributed by atoms with van der Waals surface area (Å²) in [6.07, 6.45) is 11.6. The molecule has 12 heteroatoms. The van der Waals surface area contributed by atoms with Gasteiger partial charge in [0.1, 0.15) is 4.83 Å². The van der Waals surface area contributed by atoms with Crippen LogP contribution in [0.1, 0.15) is 23.7 Å². The van der Waals surface area contributed by atoms with Crippen LogP contribution >= 0.6 is 11.3 Å². The summed E-state index contributed by atoms with van der Waals surface area (Å²) in [4.78, 5) is 29.9. The Kier molecular flexibility index (Phi) is 7.16. The molecule has 1 unspecified atom stereocenters. The van der Waals surface area contributed by atoms with Crippen molar-refractivity contribution in [2.24, 2.45) is 7.05 Å². The molecule has 36 heavy (non-hydrogen) atoms. The molecule has 11 nitrogen and oxygen atoms in total. The van der Waals surface area contributed by atoms with Gasteiger partial charge in [0.25, 0.3) is 11.8 Å². The smallest absolute Gasteiger partial charge is 0.260 e. The van der Waals surface area contributed by atoms with Crippen LogP contribution in [0.4, 0.5) is 0 Å². The zero-order valence-corrected chi connectivity index (χ0v) is 21.2. The van der Waals surface area contributed by atoms with E-state index >= 15 is 0 Å². The van der Waals surface area contributed by atoms with Gasteiger partial charge in [0.15, 0.2) is 0 Å². The number of hydrogen-bond acceptors (Lipinski definition) is 8. The van der Waals surface area contributed by atoms with Crippen LogP contribution in [0.5, 0.6) is 0 Å². The summed E-state index contributed by atoms with van der Waals surface area (Å²) in [6.45, 7) is 6.63. The molecule has 1 saturated heterocycles. The van der Waals surface area contributed by atoms with Gasteiger partial charge in [-0.1, -0.05) is 0 Å². The second-order valence-electron chi connectivity index (χ2n) is 8.91. The Hall–Kier alpha value is -3.48. The molecule has 2 aliphatic heterocycles. The molecule has 1 atom stereocenters. The van der Waals surface area contributed by atoms with Crippen LogP contribution in [0.2, 0.25) is 0 Å². The molecule has 0 spiro atoms. The minimum absolute atomic E-state index is 0.150. The summed E-state index contributed by atoms with van der Waals surface area (Å²) in [5, 5.41) is 17.7. The average molecular weight is 511 g/mol. The van der Waals surface area contributed by atoms with Crippen molar-refractivity contribution >= 4 is 28.0 Å². The van der Waals surface area contributed by atoms with Crippen molar-refractivity contribution in [2.75, 3.05) is 39.4 Å². The second-order valence-corrected chi connectivity index (χ2v) is 9.94. The molecule has 5 heterocycles. The van der Waals surface area contributed by atoms with Crippen LogP contribution in [0, 0.1) is 0 Å². The van der Waals surface area contributed by atoms with Crippen molar-refractivity contribution in [2.45, 2.75) is 19.4 Å². The van der Waals surface area contributed by atoms with E-state index in [9.17, 15) is 9.59 Å². The molecule has 1 fully saturated rings. The summed E-state index contributed by atoms with van der Waals surface area (Å²) in [5.41, 5.74) is 2.54. The number of fused-ring (bicyclic) bond motifs is 1. The van der Waals surface area contributed by atoms with E-state index in [-0.39, 0.29) is 17.9 Å². The van der Waals surface area contributed by atoms with Crippen molar-refractivity contribution in [3.63, 3.8) is 0 Å². The van der Waals surface area contributed by atoms with E-state index < -0.39 is 0 Å². The number of thiazole rings is 1. The fraction of sp³-hybridized carbons (Fsp3) is 0.417. The van der Waals surface area contributed by atoms with Gasteiger partial charge in [-0.25, -0.2) is 4.52 Å².